The minimum absolute atomic E-state index is 0.238. The highest BCUT2D eigenvalue weighted by Crippen LogP contribution is 2.60. The van der Waals surface area contributed by atoms with Crippen LogP contribution >= 0.6 is 22.7 Å². The first-order valence-corrected chi connectivity index (χ1v) is 22.7. The van der Waals surface area contributed by atoms with E-state index >= 15 is 0 Å². The lowest BCUT2D eigenvalue weighted by molar-refractivity contribution is -0.126. The lowest BCUT2D eigenvalue weighted by Crippen LogP contribution is -2.46. The van der Waals surface area contributed by atoms with Gasteiger partial charge in [0.2, 0.25) is 5.79 Å². The van der Waals surface area contributed by atoms with Crippen molar-refractivity contribution in [1.29, 1.82) is 0 Å². The maximum Gasteiger partial charge on any atom is 0.261 e. The van der Waals surface area contributed by atoms with Crippen LogP contribution in [0.3, 0.4) is 0 Å². The Hall–Kier alpha value is -5.00. The zero-order chi connectivity index (χ0) is 40.8. The molecule has 59 heavy (non-hydrogen) atoms. The van der Waals surface area contributed by atoms with Crippen LogP contribution in [-0.2, 0) is 15.3 Å². The van der Waals surface area contributed by atoms with Gasteiger partial charge in [0, 0.05) is 71.6 Å². The number of ether oxygens (including phenoxy) is 2. The van der Waals surface area contributed by atoms with Crippen LogP contribution in [-0.4, -0.2) is 58.7 Å². The SMILES string of the molecule is CCCCC(C)N1C(=O)c2ccc3c4c(-c5cc6c(s5)-c5sc(C)cc5C65OCCO5)cc5c6c(ccc(c7c(C)cc(c2c37)C1=O)c64)C(=O)N(C(C)CCCC)C5=O. The van der Waals surface area contributed by atoms with E-state index in [-0.39, 0.29) is 35.7 Å². The van der Waals surface area contributed by atoms with Crippen molar-refractivity contribution in [2.45, 2.75) is 97.9 Å². The van der Waals surface area contributed by atoms with Gasteiger partial charge in [0.1, 0.15) is 0 Å². The molecule has 5 heterocycles. The second kappa shape index (κ2) is 13.0. The highest BCUT2D eigenvalue weighted by atomic mass is 32.1. The van der Waals surface area contributed by atoms with E-state index < -0.39 is 5.79 Å². The van der Waals surface area contributed by atoms with Gasteiger partial charge in [-0.1, -0.05) is 51.7 Å². The third-order valence-corrected chi connectivity index (χ3v) is 15.8. The molecule has 4 amide bonds. The number of carbonyl (C=O) groups excluding carboxylic acids is 4. The van der Waals surface area contributed by atoms with Crippen LogP contribution in [0.1, 0.15) is 129 Å². The Kier molecular flexibility index (Phi) is 8.16. The second-order valence-corrected chi connectivity index (χ2v) is 19.3. The first-order valence-electron chi connectivity index (χ1n) is 21.0. The molecule has 1 fully saturated rings. The quantitative estimate of drug-likeness (QED) is 0.0818. The van der Waals surface area contributed by atoms with Crippen LogP contribution in [0.15, 0.2) is 48.5 Å². The van der Waals surface area contributed by atoms with Crippen LogP contribution in [0.25, 0.3) is 63.3 Å². The Balaban J connectivity index is 1.25. The summed E-state index contributed by atoms with van der Waals surface area (Å²) < 4.78 is 13.0. The molecular formula is C49H44N2O6S2. The number of aryl methyl sites for hydroxylation is 2. The summed E-state index contributed by atoms with van der Waals surface area (Å²) in [5.41, 5.74) is 5.87. The number of nitrogens with zero attached hydrogens (tertiary/aromatic N) is 2. The van der Waals surface area contributed by atoms with E-state index in [0.29, 0.717) is 46.2 Å². The zero-order valence-corrected chi connectivity index (χ0v) is 35.7. The first kappa shape index (κ1) is 37.0. The van der Waals surface area contributed by atoms with Gasteiger partial charge in [0.05, 0.1) is 23.0 Å². The van der Waals surface area contributed by atoms with Gasteiger partial charge in [-0.25, -0.2) is 0 Å². The van der Waals surface area contributed by atoms with E-state index in [1.54, 1.807) is 22.7 Å². The molecule has 10 heteroatoms. The third-order valence-electron chi connectivity index (χ3n) is 13.4. The number of amides is 4. The summed E-state index contributed by atoms with van der Waals surface area (Å²) >= 11 is 3.41. The molecule has 2 unspecified atom stereocenters. The summed E-state index contributed by atoms with van der Waals surface area (Å²) in [4.78, 5) is 65.6. The van der Waals surface area contributed by atoms with Crippen molar-refractivity contribution in [3.63, 3.8) is 0 Å². The van der Waals surface area contributed by atoms with E-state index in [0.717, 1.165) is 108 Å². The molecule has 11 rings (SSSR count). The van der Waals surface area contributed by atoms with Crippen molar-refractivity contribution < 1.29 is 28.7 Å². The second-order valence-electron chi connectivity index (χ2n) is 17.0. The van der Waals surface area contributed by atoms with E-state index in [1.807, 2.05) is 57.2 Å². The van der Waals surface area contributed by atoms with Gasteiger partial charge in [-0.2, -0.15) is 0 Å². The number of imide groups is 2. The molecule has 3 aliphatic heterocycles. The van der Waals surface area contributed by atoms with Gasteiger partial charge < -0.3 is 9.47 Å². The molecular weight excluding hydrogens is 777 g/mol. The van der Waals surface area contributed by atoms with E-state index in [1.165, 1.54) is 14.7 Å². The largest absolute Gasteiger partial charge is 0.340 e. The average molecular weight is 821 g/mol. The molecule has 1 saturated heterocycles. The summed E-state index contributed by atoms with van der Waals surface area (Å²) in [6.45, 7) is 13.3. The van der Waals surface area contributed by atoms with Gasteiger partial charge in [0.25, 0.3) is 23.6 Å². The maximum atomic E-state index is 14.9. The summed E-state index contributed by atoms with van der Waals surface area (Å²) in [6, 6.07) is 15.6. The Morgan fingerprint density at radius 3 is 1.69 bits per heavy atom. The minimum Gasteiger partial charge on any atom is -0.340 e. The Labute approximate surface area is 350 Å². The summed E-state index contributed by atoms with van der Waals surface area (Å²) in [5, 5.41) is 6.64. The third kappa shape index (κ3) is 4.77. The molecule has 2 aromatic heterocycles. The summed E-state index contributed by atoms with van der Waals surface area (Å²) in [6.07, 6.45) is 5.24. The maximum absolute atomic E-state index is 14.9. The average Bonchev–Trinajstić information content (AvgIpc) is 4.02. The molecule has 0 saturated carbocycles. The van der Waals surface area contributed by atoms with Gasteiger partial charge in [-0.3, -0.25) is 29.0 Å². The fourth-order valence-electron chi connectivity index (χ4n) is 10.7. The van der Waals surface area contributed by atoms with E-state index in [2.05, 4.69) is 32.9 Å². The topological polar surface area (TPSA) is 93.2 Å². The van der Waals surface area contributed by atoms with Gasteiger partial charge in [0.15, 0.2) is 0 Å². The molecule has 0 N–H and O–H groups in total. The van der Waals surface area contributed by atoms with Crippen molar-refractivity contribution in [2.24, 2.45) is 0 Å². The monoisotopic (exact) mass is 820 g/mol. The van der Waals surface area contributed by atoms with Crippen molar-refractivity contribution in [1.82, 2.24) is 9.80 Å². The number of rotatable bonds is 9. The van der Waals surface area contributed by atoms with Crippen LogP contribution < -0.4 is 0 Å². The number of hydrogen-bond acceptors (Lipinski definition) is 8. The molecule has 5 aromatic carbocycles. The van der Waals surface area contributed by atoms with E-state index in [9.17, 15) is 19.2 Å². The highest BCUT2D eigenvalue weighted by Gasteiger charge is 2.51. The molecule has 1 spiro atoms. The van der Waals surface area contributed by atoms with Crippen LogP contribution in [0.4, 0.5) is 0 Å². The van der Waals surface area contributed by atoms with Gasteiger partial charge in [-0.15, -0.1) is 22.7 Å². The van der Waals surface area contributed by atoms with Crippen molar-refractivity contribution >= 4 is 89.4 Å². The predicted octanol–water partition coefficient (Wildman–Crippen LogP) is 11.7. The number of hydrogen-bond donors (Lipinski definition) is 0. The van der Waals surface area contributed by atoms with Crippen LogP contribution in [0, 0.1) is 13.8 Å². The van der Waals surface area contributed by atoms with Crippen molar-refractivity contribution in [2.75, 3.05) is 13.2 Å². The van der Waals surface area contributed by atoms with Crippen LogP contribution in [0.5, 0.6) is 0 Å². The van der Waals surface area contributed by atoms with Crippen LogP contribution in [0.2, 0.25) is 0 Å². The smallest absolute Gasteiger partial charge is 0.261 e. The highest BCUT2D eigenvalue weighted by molar-refractivity contribution is 7.24. The molecule has 0 radical (unpaired) electrons. The molecule has 7 aromatic rings. The number of fused-ring (bicyclic) bond motifs is 7. The Morgan fingerprint density at radius 1 is 0.593 bits per heavy atom. The van der Waals surface area contributed by atoms with Crippen molar-refractivity contribution in [3.8, 4) is 20.2 Å². The minimum atomic E-state index is -0.982. The Morgan fingerprint density at radius 2 is 1.10 bits per heavy atom. The molecule has 2 atom stereocenters. The summed E-state index contributed by atoms with van der Waals surface area (Å²) in [5.74, 6) is -2.07. The molecule has 1 aliphatic carbocycles. The first-order chi connectivity index (χ1) is 28.5. The molecule has 4 aliphatic rings. The lowest BCUT2D eigenvalue weighted by Gasteiger charge is -2.34. The number of thiophene rings is 2. The molecule has 8 nitrogen and oxygen atoms in total. The summed E-state index contributed by atoms with van der Waals surface area (Å²) in [7, 11) is 0. The lowest BCUT2D eigenvalue weighted by atomic mass is 9.79. The standard InChI is InChI=1S/C49H44N2O6S2/c1-7-9-11-24(4)50-45(52)29-16-14-28-38-31(36-22-35-44(59-36)43-34(20-26(6)58-43)49(35)56-17-18-57-49)21-33-40-30(46(53)51(48(33)55)25(5)12-10-8-2)15-13-27(42(38)40)37-23(3)19-32(47(50)54)39(29)41(28)37/h13-16,19-22,24-25H,7-12,17-18H2,1-6H3. The molecule has 298 valence electrons. The van der Waals surface area contributed by atoms with Crippen molar-refractivity contribution in [3.05, 3.63) is 92.4 Å². The fraction of sp³-hybridized carbons (Fsp3) is 0.347. The van der Waals surface area contributed by atoms with Gasteiger partial charge >= 0.3 is 0 Å². The predicted molar refractivity (Wildman–Crippen MR) is 235 cm³/mol. The van der Waals surface area contributed by atoms with E-state index in [4.69, 9.17) is 9.47 Å². The number of unbranched alkanes of at least 4 members (excludes halogenated alkanes) is 2. The fourth-order valence-corrected chi connectivity index (χ4v) is 13.1. The van der Waals surface area contributed by atoms with Gasteiger partial charge in [-0.05, 0) is 115 Å². The normalized spacial score (nSPS) is 17.9. The number of benzene rings is 5. The number of carbonyl (C=O) groups is 4. The zero-order valence-electron chi connectivity index (χ0n) is 34.1. The molecule has 0 bridgehead atoms. The Bertz CT molecular complexity index is 3040.